The Labute approximate surface area is 130 Å². The first-order valence-electron chi connectivity index (χ1n) is 7.35. The Hall–Kier alpha value is -2.14. The Morgan fingerprint density at radius 2 is 2.00 bits per heavy atom. The van der Waals surface area contributed by atoms with Crippen molar-refractivity contribution < 1.29 is 14.3 Å². The molecule has 0 atom stereocenters. The van der Waals surface area contributed by atoms with E-state index in [4.69, 9.17) is 9.47 Å². The van der Waals surface area contributed by atoms with E-state index in [0.717, 1.165) is 5.56 Å². The minimum atomic E-state index is -0.763. The second-order valence-corrected chi connectivity index (χ2v) is 5.58. The Bertz CT molecular complexity index is 605. The van der Waals surface area contributed by atoms with Crippen molar-refractivity contribution in [3.8, 4) is 0 Å². The van der Waals surface area contributed by atoms with Crippen molar-refractivity contribution in [2.24, 2.45) is 0 Å². The zero-order valence-corrected chi connectivity index (χ0v) is 13.3. The molecule has 0 bridgehead atoms. The predicted octanol–water partition coefficient (Wildman–Crippen LogP) is 2.90. The molecule has 0 aliphatic heterocycles. The molecule has 5 nitrogen and oxygen atoms in total. The molecule has 0 fully saturated rings. The number of hydrogen-bond donors (Lipinski definition) is 0. The number of esters is 1. The van der Waals surface area contributed by atoms with Crippen molar-refractivity contribution in [2.45, 2.75) is 39.5 Å². The van der Waals surface area contributed by atoms with E-state index in [2.05, 4.69) is 4.98 Å². The van der Waals surface area contributed by atoms with Gasteiger partial charge in [-0.15, -0.1) is 0 Å². The number of hydrogen-bond acceptors (Lipinski definition) is 4. The van der Waals surface area contributed by atoms with E-state index in [1.165, 1.54) is 0 Å². The first kappa shape index (κ1) is 16.2. The van der Waals surface area contributed by atoms with Gasteiger partial charge in [-0.05, 0) is 26.3 Å². The number of imidazole rings is 1. The van der Waals surface area contributed by atoms with Gasteiger partial charge in [0.05, 0.1) is 25.2 Å². The average Bonchev–Trinajstić information content (AvgIpc) is 2.98. The lowest BCUT2D eigenvalue weighted by molar-refractivity contribution is -0.148. The number of rotatable bonds is 7. The molecular formula is C17H22N2O3. The summed E-state index contributed by atoms with van der Waals surface area (Å²) in [6, 6.07) is 9.97. The fourth-order valence-electron chi connectivity index (χ4n) is 2.01. The maximum absolute atomic E-state index is 12.0. The molecule has 1 heterocycles. The van der Waals surface area contributed by atoms with E-state index >= 15 is 0 Å². The Morgan fingerprint density at radius 3 is 2.68 bits per heavy atom. The number of carbonyl (C=O) groups excluding carboxylic acids is 1. The molecule has 0 radical (unpaired) electrons. The van der Waals surface area contributed by atoms with Gasteiger partial charge in [0.1, 0.15) is 12.1 Å². The van der Waals surface area contributed by atoms with Gasteiger partial charge in [-0.25, -0.2) is 4.98 Å². The topological polar surface area (TPSA) is 53.4 Å². The molecule has 5 heteroatoms. The molecule has 22 heavy (non-hydrogen) atoms. The highest BCUT2D eigenvalue weighted by Gasteiger charge is 2.33. The third-order valence-electron chi connectivity index (χ3n) is 3.41. The summed E-state index contributed by atoms with van der Waals surface area (Å²) in [5.74, 6) is -0.273. The van der Waals surface area contributed by atoms with E-state index in [0.29, 0.717) is 25.6 Å². The molecule has 0 saturated heterocycles. The average molecular weight is 302 g/mol. The summed E-state index contributed by atoms with van der Waals surface area (Å²) in [4.78, 5) is 16.3. The summed E-state index contributed by atoms with van der Waals surface area (Å²) in [5.41, 5.74) is 1.03. The van der Waals surface area contributed by atoms with Gasteiger partial charge in [0, 0.05) is 6.20 Å². The first-order valence-corrected chi connectivity index (χ1v) is 7.35. The number of aromatic nitrogens is 2. The third kappa shape index (κ3) is 3.95. The van der Waals surface area contributed by atoms with Gasteiger partial charge in [0.25, 0.3) is 0 Å². The lowest BCUT2D eigenvalue weighted by Crippen LogP contribution is -2.31. The van der Waals surface area contributed by atoms with Gasteiger partial charge in [-0.2, -0.15) is 0 Å². The van der Waals surface area contributed by atoms with Gasteiger partial charge >= 0.3 is 5.97 Å². The van der Waals surface area contributed by atoms with E-state index < -0.39 is 5.41 Å². The van der Waals surface area contributed by atoms with Gasteiger partial charge in [0.15, 0.2) is 0 Å². The zero-order chi connectivity index (χ0) is 16.0. The number of nitrogens with zero attached hydrogens (tertiary/aromatic N) is 2. The van der Waals surface area contributed by atoms with E-state index in [1.807, 2.05) is 54.9 Å². The highest BCUT2D eigenvalue weighted by atomic mass is 16.5. The highest BCUT2D eigenvalue weighted by molar-refractivity contribution is 5.81. The second-order valence-electron chi connectivity index (χ2n) is 5.58. The monoisotopic (exact) mass is 302 g/mol. The molecular weight excluding hydrogens is 280 g/mol. The quantitative estimate of drug-likeness (QED) is 0.738. The molecule has 0 aliphatic rings. The summed E-state index contributed by atoms with van der Waals surface area (Å²) in [5, 5.41) is 0. The maximum atomic E-state index is 12.0. The molecule has 0 aliphatic carbocycles. The van der Waals surface area contributed by atoms with Crippen molar-refractivity contribution in [3.05, 3.63) is 54.1 Å². The normalized spacial score (nSPS) is 11.4. The maximum Gasteiger partial charge on any atom is 0.317 e. The van der Waals surface area contributed by atoms with Crippen molar-refractivity contribution in [1.29, 1.82) is 0 Å². The summed E-state index contributed by atoms with van der Waals surface area (Å²) >= 11 is 0. The smallest absolute Gasteiger partial charge is 0.317 e. The highest BCUT2D eigenvalue weighted by Crippen LogP contribution is 2.23. The fourth-order valence-corrected chi connectivity index (χ4v) is 2.01. The lowest BCUT2D eigenvalue weighted by Gasteiger charge is -2.19. The van der Waals surface area contributed by atoms with Crippen LogP contribution in [0.25, 0.3) is 0 Å². The van der Waals surface area contributed by atoms with Crippen molar-refractivity contribution in [1.82, 2.24) is 9.55 Å². The molecule has 0 spiro atoms. The Morgan fingerprint density at radius 1 is 1.27 bits per heavy atom. The van der Waals surface area contributed by atoms with Crippen LogP contribution in [0.1, 0.15) is 32.0 Å². The molecule has 0 N–H and O–H groups in total. The predicted molar refractivity (Wildman–Crippen MR) is 83.1 cm³/mol. The SMILES string of the molecule is CCOC(=O)C(C)(C)c1cn(COCc2ccccc2)cn1. The van der Waals surface area contributed by atoms with E-state index in [9.17, 15) is 4.79 Å². The van der Waals surface area contributed by atoms with Gasteiger partial charge in [-0.1, -0.05) is 30.3 Å². The lowest BCUT2D eigenvalue weighted by atomic mass is 9.90. The first-order chi connectivity index (χ1) is 10.5. The summed E-state index contributed by atoms with van der Waals surface area (Å²) in [6.07, 6.45) is 3.49. The van der Waals surface area contributed by atoms with Crippen LogP contribution in [0.4, 0.5) is 0 Å². The Balaban J connectivity index is 1.92. The summed E-state index contributed by atoms with van der Waals surface area (Å²) < 4.78 is 12.6. The minimum absolute atomic E-state index is 0.273. The standard InChI is InChI=1S/C17H22N2O3/c1-4-22-16(20)17(2,3)15-10-19(12-18-15)13-21-11-14-8-6-5-7-9-14/h5-10,12H,4,11,13H2,1-3H3. The number of benzene rings is 1. The molecule has 0 saturated carbocycles. The molecule has 118 valence electrons. The molecule has 2 rings (SSSR count). The third-order valence-corrected chi connectivity index (χ3v) is 3.41. The number of ether oxygens (including phenoxy) is 2. The van der Waals surface area contributed by atoms with Crippen molar-refractivity contribution in [3.63, 3.8) is 0 Å². The zero-order valence-electron chi connectivity index (χ0n) is 13.3. The summed E-state index contributed by atoms with van der Waals surface area (Å²) in [7, 11) is 0. The van der Waals surface area contributed by atoms with Crippen molar-refractivity contribution in [2.75, 3.05) is 6.61 Å². The molecule has 1 aromatic carbocycles. The largest absolute Gasteiger partial charge is 0.465 e. The van der Waals surface area contributed by atoms with Gasteiger partial charge < -0.3 is 14.0 Å². The van der Waals surface area contributed by atoms with Crippen LogP contribution in [0.5, 0.6) is 0 Å². The molecule has 2 aromatic rings. The fraction of sp³-hybridized carbons (Fsp3) is 0.412. The number of carbonyl (C=O) groups is 1. The Kier molecular flexibility index (Phi) is 5.33. The van der Waals surface area contributed by atoms with Crippen LogP contribution in [0.15, 0.2) is 42.9 Å². The minimum Gasteiger partial charge on any atom is -0.465 e. The second kappa shape index (κ2) is 7.22. The van der Waals surface area contributed by atoms with E-state index in [1.54, 1.807) is 13.3 Å². The van der Waals surface area contributed by atoms with Crippen LogP contribution in [-0.4, -0.2) is 22.1 Å². The van der Waals surface area contributed by atoms with E-state index in [-0.39, 0.29) is 5.97 Å². The van der Waals surface area contributed by atoms with Crippen LogP contribution < -0.4 is 0 Å². The van der Waals surface area contributed by atoms with Crippen LogP contribution in [0, 0.1) is 0 Å². The van der Waals surface area contributed by atoms with Crippen LogP contribution in [-0.2, 0) is 33.0 Å². The molecule has 1 aromatic heterocycles. The molecule has 0 amide bonds. The van der Waals surface area contributed by atoms with Gasteiger partial charge in [-0.3, -0.25) is 4.79 Å². The van der Waals surface area contributed by atoms with Crippen LogP contribution >= 0.6 is 0 Å². The van der Waals surface area contributed by atoms with Gasteiger partial charge in [0.2, 0.25) is 0 Å². The molecule has 0 unspecified atom stereocenters. The van der Waals surface area contributed by atoms with Crippen LogP contribution in [0.3, 0.4) is 0 Å². The summed E-state index contributed by atoms with van der Waals surface area (Å²) in [6.45, 7) is 6.70. The van der Waals surface area contributed by atoms with Crippen molar-refractivity contribution >= 4 is 5.97 Å². The van der Waals surface area contributed by atoms with Crippen LogP contribution in [0.2, 0.25) is 0 Å².